The minimum Gasteiger partial charge on any atom is -0.400 e. The maximum atomic E-state index is 8.65. The number of benzene rings is 1. The van der Waals surface area contributed by atoms with E-state index in [4.69, 9.17) is 29.2 Å². The van der Waals surface area contributed by atoms with Crippen molar-refractivity contribution in [3.8, 4) is 0 Å². The number of anilines is 1. The zero-order valence-electron chi connectivity index (χ0n) is 17.1. The minimum atomic E-state index is 0.0461. The number of aryl methyl sites for hydroxylation is 1. The number of rotatable bonds is 16. The van der Waals surface area contributed by atoms with Gasteiger partial charge in [0.1, 0.15) is 0 Å². The van der Waals surface area contributed by atoms with Crippen LogP contribution in [0.15, 0.2) is 24.3 Å². The molecule has 0 bridgehead atoms. The lowest BCUT2D eigenvalue weighted by Crippen LogP contribution is -2.31. The summed E-state index contributed by atoms with van der Waals surface area (Å²) in [5.41, 5.74) is 2.41. The van der Waals surface area contributed by atoms with E-state index in [1.807, 2.05) is 6.92 Å². The van der Waals surface area contributed by atoms with Crippen molar-refractivity contribution in [2.45, 2.75) is 13.8 Å². The number of hydrogen-bond acceptors (Lipinski definition) is 7. The summed E-state index contributed by atoms with van der Waals surface area (Å²) in [5.74, 6) is 0. The monoisotopic (exact) mass is 387 g/mol. The fourth-order valence-electron chi connectivity index (χ4n) is 2.23. The van der Waals surface area contributed by atoms with Crippen LogP contribution in [-0.4, -0.2) is 89.9 Å². The SMILES string of the molecule is CCOCCOCCN(CCOCCOCCO)c1ccc(C)cc1.CO. The minimum absolute atomic E-state index is 0.0461. The highest BCUT2D eigenvalue weighted by atomic mass is 16.5. The molecule has 1 aromatic rings. The van der Waals surface area contributed by atoms with Gasteiger partial charge < -0.3 is 34.1 Å². The number of ether oxygens (including phenoxy) is 4. The van der Waals surface area contributed by atoms with Crippen LogP contribution in [0.25, 0.3) is 0 Å². The lowest BCUT2D eigenvalue weighted by Gasteiger charge is -2.25. The van der Waals surface area contributed by atoms with Crippen LogP contribution in [0.5, 0.6) is 0 Å². The molecule has 2 N–H and O–H groups in total. The molecule has 27 heavy (non-hydrogen) atoms. The second-order valence-corrected chi connectivity index (χ2v) is 5.58. The van der Waals surface area contributed by atoms with Crippen LogP contribution in [0.1, 0.15) is 12.5 Å². The Morgan fingerprint density at radius 2 is 1.22 bits per heavy atom. The molecule has 0 radical (unpaired) electrons. The van der Waals surface area contributed by atoms with Crippen molar-refractivity contribution in [1.82, 2.24) is 0 Å². The smallest absolute Gasteiger partial charge is 0.0701 e. The van der Waals surface area contributed by atoms with Crippen molar-refractivity contribution in [3.05, 3.63) is 29.8 Å². The molecule has 0 aliphatic rings. The average molecular weight is 388 g/mol. The first-order valence-corrected chi connectivity index (χ1v) is 9.46. The van der Waals surface area contributed by atoms with Crippen LogP contribution in [-0.2, 0) is 18.9 Å². The Balaban J connectivity index is 0.00000326. The highest BCUT2D eigenvalue weighted by Crippen LogP contribution is 2.14. The van der Waals surface area contributed by atoms with Crippen molar-refractivity contribution >= 4 is 5.69 Å². The maximum absolute atomic E-state index is 8.65. The van der Waals surface area contributed by atoms with Crippen LogP contribution < -0.4 is 4.90 Å². The molecule has 7 nitrogen and oxygen atoms in total. The summed E-state index contributed by atoms with van der Waals surface area (Å²) in [6, 6.07) is 8.48. The molecule has 158 valence electrons. The van der Waals surface area contributed by atoms with Gasteiger partial charge in [0, 0.05) is 32.5 Å². The van der Waals surface area contributed by atoms with E-state index in [2.05, 4.69) is 36.1 Å². The van der Waals surface area contributed by atoms with Crippen LogP contribution in [0.4, 0.5) is 5.69 Å². The Bertz CT molecular complexity index is 415. The van der Waals surface area contributed by atoms with Gasteiger partial charge in [-0.1, -0.05) is 17.7 Å². The second-order valence-electron chi connectivity index (χ2n) is 5.58. The second kappa shape index (κ2) is 19.5. The molecule has 0 fully saturated rings. The largest absolute Gasteiger partial charge is 0.400 e. The molecule has 0 aromatic heterocycles. The molecule has 7 heteroatoms. The summed E-state index contributed by atoms with van der Waals surface area (Å²) < 4.78 is 21.7. The first-order chi connectivity index (χ1) is 13.3. The Morgan fingerprint density at radius 3 is 1.70 bits per heavy atom. The Hall–Kier alpha value is -1.22. The van der Waals surface area contributed by atoms with E-state index in [0.717, 1.165) is 26.8 Å². The molecule has 0 heterocycles. The molecule has 0 aliphatic heterocycles. The summed E-state index contributed by atoms with van der Waals surface area (Å²) >= 11 is 0. The Labute approximate surface area is 163 Å². The van der Waals surface area contributed by atoms with Gasteiger partial charge in [-0.3, -0.25) is 0 Å². The van der Waals surface area contributed by atoms with E-state index < -0.39 is 0 Å². The summed E-state index contributed by atoms with van der Waals surface area (Å²) in [4.78, 5) is 2.26. The predicted molar refractivity (Wildman–Crippen MR) is 108 cm³/mol. The lowest BCUT2D eigenvalue weighted by atomic mass is 10.2. The molecular weight excluding hydrogens is 350 g/mol. The van der Waals surface area contributed by atoms with Gasteiger partial charge in [-0.2, -0.15) is 0 Å². The molecule has 0 unspecified atom stereocenters. The van der Waals surface area contributed by atoms with Gasteiger partial charge in [0.15, 0.2) is 0 Å². The third-order valence-corrected chi connectivity index (χ3v) is 3.59. The highest BCUT2D eigenvalue weighted by molar-refractivity contribution is 5.47. The summed E-state index contributed by atoms with van der Waals surface area (Å²) in [5, 5.41) is 15.6. The molecule has 0 amide bonds. The highest BCUT2D eigenvalue weighted by Gasteiger charge is 2.06. The van der Waals surface area contributed by atoms with E-state index in [1.54, 1.807) is 0 Å². The van der Waals surface area contributed by atoms with Gasteiger partial charge >= 0.3 is 0 Å². The molecule has 0 spiro atoms. The zero-order chi connectivity index (χ0) is 20.2. The van der Waals surface area contributed by atoms with Gasteiger partial charge in [0.25, 0.3) is 0 Å². The quantitative estimate of drug-likeness (QED) is 0.416. The summed E-state index contributed by atoms with van der Waals surface area (Å²) in [7, 11) is 1.00. The van der Waals surface area contributed by atoms with Gasteiger partial charge in [0.05, 0.1) is 52.9 Å². The van der Waals surface area contributed by atoms with E-state index in [1.165, 1.54) is 11.3 Å². The Morgan fingerprint density at radius 1 is 0.741 bits per heavy atom. The first kappa shape index (κ1) is 25.8. The molecule has 1 rings (SSSR count). The number of hydrogen-bond donors (Lipinski definition) is 2. The van der Waals surface area contributed by atoms with Crippen molar-refractivity contribution in [2.75, 3.05) is 84.6 Å². The zero-order valence-corrected chi connectivity index (χ0v) is 17.1. The summed E-state index contributed by atoms with van der Waals surface area (Å²) in [6.07, 6.45) is 0. The Kier molecular flexibility index (Phi) is 18.7. The van der Waals surface area contributed by atoms with Gasteiger partial charge in [-0.05, 0) is 26.0 Å². The molecule has 0 saturated heterocycles. The predicted octanol–water partition coefficient (Wildman–Crippen LogP) is 1.49. The fourth-order valence-corrected chi connectivity index (χ4v) is 2.23. The van der Waals surface area contributed by atoms with E-state index in [-0.39, 0.29) is 6.61 Å². The first-order valence-electron chi connectivity index (χ1n) is 9.46. The van der Waals surface area contributed by atoms with Gasteiger partial charge in [-0.15, -0.1) is 0 Å². The number of aliphatic hydroxyl groups excluding tert-OH is 2. The van der Waals surface area contributed by atoms with Gasteiger partial charge in [0.2, 0.25) is 0 Å². The molecule has 0 saturated carbocycles. The maximum Gasteiger partial charge on any atom is 0.0701 e. The van der Waals surface area contributed by atoms with E-state index in [9.17, 15) is 0 Å². The van der Waals surface area contributed by atoms with Crippen LogP contribution in [0.2, 0.25) is 0 Å². The van der Waals surface area contributed by atoms with Crippen LogP contribution in [0.3, 0.4) is 0 Å². The van der Waals surface area contributed by atoms with Crippen LogP contribution >= 0.6 is 0 Å². The molecule has 1 aromatic carbocycles. The average Bonchev–Trinajstić information content (AvgIpc) is 2.70. The van der Waals surface area contributed by atoms with Crippen molar-refractivity contribution in [3.63, 3.8) is 0 Å². The normalized spacial score (nSPS) is 10.4. The standard InChI is InChI=1S/C19H33NO5.CH4O/c1-3-22-14-15-23-11-8-20(19-6-4-18(2)5-7-19)9-12-24-16-17-25-13-10-21;1-2/h4-7,21H,3,8-17H2,1-2H3;2H,1H3. The third kappa shape index (κ3) is 14.5. The van der Waals surface area contributed by atoms with Crippen molar-refractivity contribution in [1.29, 1.82) is 0 Å². The fraction of sp³-hybridized carbons (Fsp3) is 0.700. The van der Waals surface area contributed by atoms with Crippen molar-refractivity contribution < 1.29 is 29.2 Å². The third-order valence-electron chi connectivity index (χ3n) is 3.59. The molecule has 0 atom stereocenters. The topological polar surface area (TPSA) is 80.6 Å². The molecule has 0 aliphatic carbocycles. The van der Waals surface area contributed by atoms with E-state index >= 15 is 0 Å². The van der Waals surface area contributed by atoms with Crippen LogP contribution in [0, 0.1) is 6.92 Å². The summed E-state index contributed by atoms with van der Waals surface area (Å²) in [6.45, 7) is 10.4. The van der Waals surface area contributed by atoms with Gasteiger partial charge in [-0.25, -0.2) is 0 Å². The lowest BCUT2D eigenvalue weighted by molar-refractivity contribution is 0.0343. The van der Waals surface area contributed by atoms with E-state index in [0.29, 0.717) is 46.2 Å². The van der Waals surface area contributed by atoms with Crippen molar-refractivity contribution in [2.24, 2.45) is 0 Å². The number of nitrogens with zero attached hydrogens (tertiary/aromatic N) is 1. The molecular formula is C20H37NO6. The number of aliphatic hydroxyl groups is 2.